The minimum Gasteiger partial charge on any atom is -0.325 e. The number of H-pyrrole nitrogens is 1. The van der Waals surface area contributed by atoms with Gasteiger partial charge in [0.05, 0.1) is 22.5 Å². The molecule has 3 N–H and O–H groups in total. The number of aromatic amines is 1. The van der Waals surface area contributed by atoms with Crippen molar-refractivity contribution < 1.29 is 9.59 Å². The minimum atomic E-state index is -0.190. The average molecular weight is 471 g/mol. The zero-order valence-corrected chi connectivity index (χ0v) is 19.8. The molecular formula is C23H26N4O3S2. The number of aromatic nitrogens is 2. The number of fused-ring (bicyclic) bond motifs is 3. The molecule has 0 saturated carbocycles. The van der Waals surface area contributed by atoms with Crippen LogP contribution in [0.3, 0.4) is 0 Å². The van der Waals surface area contributed by atoms with Gasteiger partial charge >= 0.3 is 0 Å². The number of rotatable bonds is 7. The van der Waals surface area contributed by atoms with Crippen LogP contribution in [0.5, 0.6) is 0 Å². The second kappa shape index (κ2) is 9.87. The van der Waals surface area contributed by atoms with Crippen LogP contribution in [0.2, 0.25) is 0 Å². The van der Waals surface area contributed by atoms with Crippen LogP contribution < -0.4 is 16.2 Å². The van der Waals surface area contributed by atoms with E-state index in [9.17, 15) is 14.4 Å². The number of nitrogens with one attached hydrogen (secondary N) is 3. The monoisotopic (exact) mass is 470 g/mol. The maximum Gasteiger partial charge on any atom is 0.259 e. The number of carbonyl (C=O) groups is 2. The molecule has 0 unspecified atom stereocenters. The molecule has 3 aromatic rings. The molecule has 168 valence electrons. The zero-order chi connectivity index (χ0) is 22.7. The van der Waals surface area contributed by atoms with Crippen molar-refractivity contribution in [3.05, 3.63) is 50.4 Å². The van der Waals surface area contributed by atoms with E-state index in [0.29, 0.717) is 35.1 Å². The van der Waals surface area contributed by atoms with Crippen LogP contribution in [-0.2, 0) is 28.2 Å². The lowest BCUT2D eigenvalue weighted by Gasteiger charge is -2.12. The van der Waals surface area contributed by atoms with Gasteiger partial charge in [-0.2, -0.15) is 11.8 Å². The molecule has 0 aliphatic heterocycles. The maximum absolute atomic E-state index is 12.6. The number of carbonyl (C=O) groups excluding carboxylic acids is 2. The van der Waals surface area contributed by atoms with Crippen molar-refractivity contribution in [3.8, 4) is 0 Å². The van der Waals surface area contributed by atoms with Crippen molar-refractivity contribution in [1.29, 1.82) is 0 Å². The summed E-state index contributed by atoms with van der Waals surface area (Å²) >= 11 is 3.20. The van der Waals surface area contributed by atoms with Gasteiger partial charge in [-0.05, 0) is 55.9 Å². The van der Waals surface area contributed by atoms with E-state index in [1.807, 2.05) is 19.1 Å². The molecule has 2 amide bonds. The Morgan fingerprint density at radius 2 is 2.00 bits per heavy atom. The second-order valence-corrected chi connectivity index (χ2v) is 10.2. The first-order valence-electron chi connectivity index (χ1n) is 10.7. The molecule has 0 fully saturated rings. The Balaban J connectivity index is 1.33. The molecule has 2 heterocycles. The molecule has 0 spiro atoms. The minimum absolute atomic E-state index is 0.0484. The van der Waals surface area contributed by atoms with Crippen molar-refractivity contribution in [3.63, 3.8) is 0 Å². The number of hydrogen-bond donors (Lipinski definition) is 3. The Labute approximate surface area is 194 Å². The Hall–Kier alpha value is -2.65. The highest BCUT2D eigenvalue weighted by molar-refractivity contribution is 7.98. The van der Waals surface area contributed by atoms with Gasteiger partial charge < -0.3 is 15.6 Å². The van der Waals surface area contributed by atoms with E-state index >= 15 is 0 Å². The predicted octanol–water partition coefficient (Wildman–Crippen LogP) is 4.39. The number of nitrogens with zero attached hydrogens (tertiary/aromatic N) is 1. The molecule has 7 nitrogen and oxygen atoms in total. The van der Waals surface area contributed by atoms with Gasteiger partial charge in [-0.15, -0.1) is 11.3 Å². The molecular weight excluding hydrogens is 444 g/mol. The van der Waals surface area contributed by atoms with E-state index in [1.54, 1.807) is 29.2 Å². The van der Waals surface area contributed by atoms with Crippen LogP contribution in [0, 0.1) is 6.92 Å². The molecule has 0 bridgehead atoms. The first kappa shape index (κ1) is 22.5. The summed E-state index contributed by atoms with van der Waals surface area (Å²) in [4.78, 5) is 46.2. The third-order valence-electron chi connectivity index (χ3n) is 5.35. The van der Waals surface area contributed by atoms with Crippen LogP contribution in [-0.4, -0.2) is 27.5 Å². The van der Waals surface area contributed by atoms with E-state index in [-0.39, 0.29) is 17.4 Å². The molecule has 32 heavy (non-hydrogen) atoms. The summed E-state index contributed by atoms with van der Waals surface area (Å²) in [7, 11) is 0. The molecule has 1 aliphatic rings. The Bertz CT molecular complexity index is 1230. The summed E-state index contributed by atoms with van der Waals surface area (Å²) in [5, 5.41) is 6.38. The molecule has 0 radical (unpaired) electrons. The van der Waals surface area contributed by atoms with Crippen molar-refractivity contribution >= 4 is 56.5 Å². The third kappa shape index (κ3) is 5.21. The van der Waals surface area contributed by atoms with Gasteiger partial charge in [-0.25, -0.2) is 4.98 Å². The van der Waals surface area contributed by atoms with Gasteiger partial charge in [0.1, 0.15) is 10.7 Å². The van der Waals surface area contributed by atoms with Crippen LogP contribution in [0.15, 0.2) is 23.0 Å². The fraction of sp³-hybridized carbons (Fsp3) is 0.391. The SMILES string of the molecule is CC(=O)Nc1ccc(C)cc1NC(=O)CCSCc1nc2sc3c(c2c(=O)[nH]1)CCCC3. The topological polar surface area (TPSA) is 104 Å². The molecule has 2 aromatic heterocycles. The van der Waals surface area contributed by atoms with Gasteiger partial charge in [0.15, 0.2) is 0 Å². The average Bonchev–Trinajstić information content (AvgIpc) is 3.12. The maximum atomic E-state index is 12.6. The smallest absolute Gasteiger partial charge is 0.259 e. The highest BCUT2D eigenvalue weighted by Crippen LogP contribution is 2.33. The fourth-order valence-corrected chi connectivity index (χ4v) is 5.97. The van der Waals surface area contributed by atoms with Gasteiger partial charge in [0.25, 0.3) is 5.56 Å². The van der Waals surface area contributed by atoms with Crippen LogP contribution in [0.4, 0.5) is 11.4 Å². The Morgan fingerprint density at radius 1 is 1.19 bits per heavy atom. The number of thioether (sulfide) groups is 1. The quantitative estimate of drug-likeness (QED) is 0.444. The Kier molecular flexibility index (Phi) is 6.95. The lowest BCUT2D eigenvalue weighted by molar-refractivity contribution is -0.116. The van der Waals surface area contributed by atoms with E-state index in [0.717, 1.165) is 35.0 Å². The van der Waals surface area contributed by atoms with E-state index < -0.39 is 0 Å². The number of hydrogen-bond acceptors (Lipinski definition) is 6. The van der Waals surface area contributed by atoms with Crippen molar-refractivity contribution in [2.24, 2.45) is 0 Å². The van der Waals surface area contributed by atoms with Gasteiger partial charge in [0, 0.05) is 24.0 Å². The van der Waals surface area contributed by atoms with Crippen molar-refractivity contribution in [1.82, 2.24) is 9.97 Å². The lowest BCUT2D eigenvalue weighted by atomic mass is 9.97. The molecule has 4 rings (SSSR count). The summed E-state index contributed by atoms with van der Waals surface area (Å²) in [5.74, 6) is 1.47. The van der Waals surface area contributed by atoms with Crippen LogP contribution in [0.1, 0.15) is 48.0 Å². The Morgan fingerprint density at radius 3 is 2.81 bits per heavy atom. The zero-order valence-electron chi connectivity index (χ0n) is 18.2. The first-order valence-corrected chi connectivity index (χ1v) is 12.7. The normalized spacial score (nSPS) is 13.1. The summed E-state index contributed by atoms with van der Waals surface area (Å²) < 4.78 is 0. The molecule has 9 heteroatoms. The summed E-state index contributed by atoms with van der Waals surface area (Å²) in [6.45, 7) is 3.36. The highest BCUT2D eigenvalue weighted by Gasteiger charge is 2.19. The van der Waals surface area contributed by atoms with E-state index in [1.165, 1.54) is 23.8 Å². The van der Waals surface area contributed by atoms with Crippen molar-refractivity contribution in [2.75, 3.05) is 16.4 Å². The number of aryl methyl sites for hydroxylation is 3. The number of amides is 2. The van der Waals surface area contributed by atoms with Gasteiger partial charge in [0.2, 0.25) is 11.8 Å². The summed E-state index contributed by atoms with van der Waals surface area (Å²) in [5.41, 5.74) is 3.30. The number of benzene rings is 1. The third-order valence-corrected chi connectivity index (χ3v) is 7.50. The highest BCUT2D eigenvalue weighted by atomic mass is 32.2. The number of anilines is 2. The summed E-state index contributed by atoms with van der Waals surface area (Å²) in [6.07, 6.45) is 4.63. The fourth-order valence-electron chi connectivity index (χ4n) is 3.88. The molecule has 0 atom stereocenters. The first-order chi connectivity index (χ1) is 15.4. The largest absolute Gasteiger partial charge is 0.325 e. The van der Waals surface area contributed by atoms with Gasteiger partial charge in [-0.1, -0.05) is 6.07 Å². The van der Waals surface area contributed by atoms with E-state index in [2.05, 4.69) is 20.6 Å². The number of thiophene rings is 1. The van der Waals surface area contributed by atoms with Crippen LogP contribution in [0.25, 0.3) is 10.2 Å². The van der Waals surface area contributed by atoms with Gasteiger partial charge in [-0.3, -0.25) is 14.4 Å². The lowest BCUT2D eigenvalue weighted by Crippen LogP contribution is -2.16. The van der Waals surface area contributed by atoms with E-state index in [4.69, 9.17) is 0 Å². The molecule has 0 saturated heterocycles. The molecule has 1 aliphatic carbocycles. The van der Waals surface area contributed by atoms with Crippen LogP contribution >= 0.6 is 23.1 Å². The molecule has 1 aromatic carbocycles. The predicted molar refractivity (Wildman–Crippen MR) is 132 cm³/mol. The van der Waals surface area contributed by atoms with Crippen molar-refractivity contribution in [2.45, 2.75) is 51.7 Å². The standard InChI is InChI=1S/C23H26N4O3S2/c1-13-7-8-16(24-14(2)28)17(11-13)25-20(29)9-10-31-12-19-26-22(30)21-15-5-3-4-6-18(15)32-23(21)27-19/h7-8,11H,3-6,9-10,12H2,1-2H3,(H,24,28)(H,25,29)(H,26,27,30). The second-order valence-electron chi connectivity index (χ2n) is 7.98. The summed E-state index contributed by atoms with van der Waals surface area (Å²) in [6, 6.07) is 5.49.